The summed E-state index contributed by atoms with van der Waals surface area (Å²) in [5.41, 5.74) is 2.43. The quantitative estimate of drug-likeness (QED) is 0.740. The van der Waals surface area contributed by atoms with Crippen molar-refractivity contribution in [3.05, 3.63) is 53.9 Å². The lowest BCUT2D eigenvalue weighted by atomic mass is 10.2. The largest absolute Gasteiger partial charge is 0.347 e. The Bertz CT molecular complexity index is 727. The lowest BCUT2D eigenvalue weighted by molar-refractivity contribution is 0.0946. The first-order valence-electron chi connectivity index (χ1n) is 5.95. The molecule has 0 saturated carbocycles. The summed E-state index contributed by atoms with van der Waals surface area (Å²) in [5.74, 6) is 0.553. The van der Waals surface area contributed by atoms with Crippen LogP contribution in [-0.4, -0.2) is 25.5 Å². The van der Waals surface area contributed by atoms with Crippen molar-refractivity contribution in [3.63, 3.8) is 0 Å². The standard InChI is InChI=1S/C13H13N5O/c1-9-14-8-11(17-9)13(19)15-6-10-7-16-18-5-3-2-4-12(10)18/h2-5,7-8H,6H2,1H3,(H,14,17)(H,15,19). The van der Waals surface area contributed by atoms with Crippen molar-refractivity contribution in [2.45, 2.75) is 13.5 Å². The summed E-state index contributed by atoms with van der Waals surface area (Å²) < 4.78 is 1.78. The van der Waals surface area contributed by atoms with Gasteiger partial charge in [-0.1, -0.05) is 6.07 Å². The van der Waals surface area contributed by atoms with Gasteiger partial charge in [-0.25, -0.2) is 9.50 Å². The molecule has 96 valence electrons. The topological polar surface area (TPSA) is 75.1 Å². The van der Waals surface area contributed by atoms with E-state index in [9.17, 15) is 4.79 Å². The Morgan fingerprint density at radius 2 is 2.32 bits per heavy atom. The van der Waals surface area contributed by atoms with Crippen molar-refractivity contribution < 1.29 is 4.79 Å². The van der Waals surface area contributed by atoms with Crippen molar-refractivity contribution in [3.8, 4) is 0 Å². The molecule has 0 bridgehead atoms. The first kappa shape index (κ1) is 11.5. The molecule has 0 unspecified atom stereocenters. The molecule has 6 heteroatoms. The third-order valence-corrected chi connectivity index (χ3v) is 2.89. The molecule has 0 fully saturated rings. The van der Waals surface area contributed by atoms with E-state index in [0.29, 0.717) is 12.2 Å². The number of nitrogens with zero attached hydrogens (tertiary/aromatic N) is 3. The second-order valence-corrected chi connectivity index (χ2v) is 4.27. The highest BCUT2D eigenvalue weighted by atomic mass is 16.1. The molecule has 0 aliphatic heterocycles. The molecule has 0 aliphatic rings. The van der Waals surface area contributed by atoms with Crippen molar-refractivity contribution >= 4 is 11.4 Å². The van der Waals surface area contributed by atoms with E-state index in [-0.39, 0.29) is 5.91 Å². The summed E-state index contributed by atoms with van der Waals surface area (Å²) in [6.07, 6.45) is 5.16. The van der Waals surface area contributed by atoms with E-state index >= 15 is 0 Å². The number of aromatic nitrogens is 4. The number of imidazole rings is 1. The molecule has 0 aliphatic carbocycles. The smallest absolute Gasteiger partial charge is 0.269 e. The van der Waals surface area contributed by atoms with E-state index in [2.05, 4.69) is 20.4 Å². The summed E-state index contributed by atoms with van der Waals surface area (Å²) >= 11 is 0. The number of fused-ring (bicyclic) bond motifs is 1. The van der Waals surface area contributed by atoms with Crippen molar-refractivity contribution in [1.82, 2.24) is 24.9 Å². The van der Waals surface area contributed by atoms with E-state index in [4.69, 9.17) is 0 Å². The first-order valence-corrected chi connectivity index (χ1v) is 5.95. The summed E-state index contributed by atoms with van der Waals surface area (Å²) in [4.78, 5) is 18.8. The van der Waals surface area contributed by atoms with Crippen molar-refractivity contribution in [2.75, 3.05) is 0 Å². The van der Waals surface area contributed by atoms with Crippen LogP contribution in [0, 0.1) is 6.92 Å². The Morgan fingerprint density at radius 1 is 1.42 bits per heavy atom. The van der Waals surface area contributed by atoms with Gasteiger partial charge in [0.1, 0.15) is 11.5 Å². The number of aromatic amines is 1. The van der Waals surface area contributed by atoms with Gasteiger partial charge in [0.25, 0.3) is 5.91 Å². The van der Waals surface area contributed by atoms with Gasteiger partial charge in [-0.15, -0.1) is 0 Å². The van der Waals surface area contributed by atoms with Crippen LogP contribution in [0.25, 0.3) is 5.52 Å². The normalized spacial score (nSPS) is 10.8. The van der Waals surface area contributed by atoms with Gasteiger partial charge in [0, 0.05) is 18.3 Å². The first-order chi connectivity index (χ1) is 9.24. The maximum absolute atomic E-state index is 11.9. The summed E-state index contributed by atoms with van der Waals surface area (Å²) in [6.45, 7) is 2.24. The number of hydrogen-bond donors (Lipinski definition) is 2. The second-order valence-electron chi connectivity index (χ2n) is 4.27. The molecule has 0 atom stereocenters. The molecule has 3 heterocycles. The highest BCUT2D eigenvalue weighted by molar-refractivity contribution is 5.92. The average molecular weight is 255 g/mol. The number of hydrogen-bond acceptors (Lipinski definition) is 3. The van der Waals surface area contributed by atoms with Crippen LogP contribution in [0.2, 0.25) is 0 Å². The number of nitrogens with one attached hydrogen (secondary N) is 2. The monoisotopic (exact) mass is 255 g/mol. The summed E-state index contributed by atoms with van der Waals surface area (Å²) in [5, 5.41) is 7.06. The zero-order chi connectivity index (χ0) is 13.2. The molecule has 6 nitrogen and oxygen atoms in total. The predicted octanol–water partition coefficient (Wildman–Crippen LogP) is 1.30. The fourth-order valence-electron chi connectivity index (χ4n) is 1.93. The Morgan fingerprint density at radius 3 is 3.11 bits per heavy atom. The van der Waals surface area contributed by atoms with Crippen LogP contribution in [0.1, 0.15) is 21.9 Å². The van der Waals surface area contributed by atoms with Gasteiger partial charge in [0.15, 0.2) is 0 Å². The molecule has 0 spiro atoms. The van der Waals surface area contributed by atoms with E-state index in [1.807, 2.05) is 31.3 Å². The number of carbonyl (C=O) groups is 1. The van der Waals surface area contributed by atoms with Crippen LogP contribution in [0.5, 0.6) is 0 Å². The van der Waals surface area contributed by atoms with Gasteiger partial charge in [0.05, 0.1) is 17.9 Å². The minimum absolute atomic E-state index is 0.170. The molecule has 3 rings (SSSR count). The Kier molecular flexibility index (Phi) is 2.75. The zero-order valence-electron chi connectivity index (χ0n) is 10.4. The van der Waals surface area contributed by atoms with E-state index < -0.39 is 0 Å². The predicted molar refractivity (Wildman–Crippen MR) is 69.7 cm³/mol. The van der Waals surface area contributed by atoms with E-state index in [1.54, 1.807) is 10.7 Å². The molecule has 2 N–H and O–H groups in total. The van der Waals surface area contributed by atoms with Gasteiger partial charge in [-0.2, -0.15) is 5.10 Å². The van der Waals surface area contributed by atoms with Gasteiger partial charge < -0.3 is 10.3 Å². The van der Waals surface area contributed by atoms with E-state index in [1.165, 1.54) is 6.20 Å². The minimum Gasteiger partial charge on any atom is -0.347 e. The second kappa shape index (κ2) is 4.56. The number of H-pyrrole nitrogens is 1. The molecule has 0 saturated heterocycles. The van der Waals surface area contributed by atoms with Crippen LogP contribution < -0.4 is 5.32 Å². The zero-order valence-corrected chi connectivity index (χ0v) is 10.4. The number of rotatable bonds is 3. The molecule has 19 heavy (non-hydrogen) atoms. The van der Waals surface area contributed by atoms with Crippen LogP contribution in [0.15, 0.2) is 36.8 Å². The molecule has 1 amide bonds. The average Bonchev–Trinajstić information content (AvgIpc) is 3.02. The highest BCUT2D eigenvalue weighted by Crippen LogP contribution is 2.09. The number of pyridine rings is 1. The SMILES string of the molecule is Cc1ncc(C(=O)NCc2cnn3ccccc23)[nH]1. The Balaban J connectivity index is 1.74. The molecule has 0 aromatic carbocycles. The summed E-state index contributed by atoms with van der Waals surface area (Å²) in [6, 6.07) is 5.82. The van der Waals surface area contributed by atoms with Gasteiger partial charge in [0.2, 0.25) is 0 Å². The maximum atomic E-state index is 11.9. The van der Waals surface area contributed by atoms with Crippen LogP contribution in [0.4, 0.5) is 0 Å². The molecular weight excluding hydrogens is 242 g/mol. The van der Waals surface area contributed by atoms with E-state index in [0.717, 1.165) is 16.9 Å². The molecular formula is C13H13N5O. The third kappa shape index (κ3) is 2.20. The van der Waals surface area contributed by atoms with Crippen LogP contribution in [-0.2, 0) is 6.54 Å². The number of carbonyl (C=O) groups excluding carboxylic acids is 1. The minimum atomic E-state index is -0.170. The van der Waals surface area contributed by atoms with Crippen LogP contribution in [0.3, 0.4) is 0 Å². The van der Waals surface area contributed by atoms with Gasteiger partial charge in [-0.3, -0.25) is 4.79 Å². The number of amides is 1. The van der Waals surface area contributed by atoms with Gasteiger partial charge >= 0.3 is 0 Å². The Labute approximate surface area is 109 Å². The van der Waals surface area contributed by atoms with Crippen molar-refractivity contribution in [1.29, 1.82) is 0 Å². The molecule has 3 aromatic rings. The third-order valence-electron chi connectivity index (χ3n) is 2.89. The van der Waals surface area contributed by atoms with Gasteiger partial charge in [-0.05, 0) is 19.1 Å². The molecule has 3 aromatic heterocycles. The van der Waals surface area contributed by atoms with Crippen LogP contribution >= 0.6 is 0 Å². The highest BCUT2D eigenvalue weighted by Gasteiger charge is 2.09. The maximum Gasteiger partial charge on any atom is 0.269 e. The molecule has 0 radical (unpaired) electrons. The number of aryl methyl sites for hydroxylation is 1. The lowest BCUT2D eigenvalue weighted by Gasteiger charge is -2.02. The van der Waals surface area contributed by atoms with Crippen molar-refractivity contribution in [2.24, 2.45) is 0 Å². The lowest BCUT2D eigenvalue weighted by Crippen LogP contribution is -2.23. The summed E-state index contributed by atoms with van der Waals surface area (Å²) in [7, 11) is 0. The fraction of sp³-hybridized carbons (Fsp3) is 0.154. The fourth-order valence-corrected chi connectivity index (χ4v) is 1.93. The Hall–Kier alpha value is -2.63.